The zero-order valence-corrected chi connectivity index (χ0v) is 17.1. The van der Waals surface area contributed by atoms with Crippen LogP contribution in [0, 0.1) is 0 Å². The third-order valence-electron chi connectivity index (χ3n) is 5.40. The summed E-state index contributed by atoms with van der Waals surface area (Å²) in [6.07, 6.45) is 1.50. The van der Waals surface area contributed by atoms with Crippen LogP contribution in [0.3, 0.4) is 0 Å². The first-order chi connectivity index (χ1) is 14.0. The molecule has 0 atom stereocenters. The zero-order valence-electron chi connectivity index (χ0n) is 17.1. The number of carbonyl (C=O) groups is 1. The van der Waals surface area contributed by atoms with Gasteiger partial charge in [-0.25, -0.2) is 0 Å². The second kappa shape index (κ2) is 7.85. The first-order valence-corrected chi connectivity index (χ1v) is 10.0. The van der Waals surface area contributed by atoms with Gasteiger partial charge in [-0.2, -0.15) is 0 Å². The van der Waals surface area contributed by atoms with E-state index < -0.39 is 0 Å². The Balaban J connectivity index is 1.43. The summed E-state index contributed by atoms with van der Waals surface area (Å²) in [4.78, 5) is 14.9. The molecule has 154 valence electrons. The summed E-state index contributed by atoms with van der Waals surface area (Å²) in [6.45, 7) is 5.67. The van der Waals surface area contributed by atoms with Gasteiger partial charge in [0, 0.05) is 31.5 Å². The first-order valence-electron chi connectivity index (χ1n) is 10.0. The zero-order chi connectivity index (χ0) is 20.4. The molecule has 0 unspecified atom stereocenters. The lowest BCUT2D eigenvalue weighted by Crippen LogP contribution is -2.54. The van der Waals surface area contributed by atoms with Gasteiger partial charge < -0.3 is 23.8 Å². The van der Waals surface area contributed by atoms with Crippen molar-refractivity contribution in [1.29, 1.82) is 0 Å². The third kappa shape index (κ3) is 3.97. The van der Waals surface area contributed by atoms with Crippen molar-refractivity contribution in [2.75, 3.05) is 26.8 Å². The average Bonchev–Trinajstić information content (AvgIpc) is 2.73. The molecule has 4 rings (SSSR count). The second-order valence-corrected chi connectivity index (χ2v) is 7.84. The molecule has 0 saturated carbocycles. The lowest BCUT2D eigenvalue weighted by atomic mass is 9.90. The minimum Gasteiger partial charge on any atom is -0.493 e. The Morgan fingerprint density at radius 1 is 1.07 bits per heavy atom. The number of para-hydroxylation sites is 2. The molecule has 0 radical (unpaired) electrons. The highest BCUT2D eigenvalue weighted by Gasteiger charge is 2.42. The summed E-state index contributed by atoms with van der Waals surface area (Å²) < 4.78 is 23.4. The number of methoxy groups -OCH3 is 1. The van der Waals surface area contributed by atoms with Crippen LogP contribution in [0.25, 0.3) is 0 Å². The Hall–Kier alpha value is -2.89. The van der Waals surface area contributed by atoms with Gasteiger partial charge in [0.1, 0.15) is 12.2 Å². The van der Waals surface area contributed by atoms with E-state index in [1.54, 1.807) is 25.3 Å². The number of likely N-dealkylation sites (tertiary alicyclic amines) is 1. The molecule has 1 saturated heterocycles. The van der Waals surface area contributed by atoms with Crippen molar-refractivity contribution >= 4 is 5.91 Å². The molecule has 2 aliphatic heterocycles. The first kappa shape index (κ1) is 19.4. The van der Waals surface area contributed by atoms with Crippen molar-refractivity contribution in [2.45, 2.75) is 38.4 Å². The SMILES string of the molecule is COc1cc(C(=O)N2CCC3(CC2)COc2ccccc2O3)ccc1OC(C)C. The number of amides is 1. The molecule has 2 aromatic rings. The Kier molecular flexibility index (Phi) is 5.26. The van der Waals surface area contributed by atoms with Gasteiger partial charge in [-0.3, -0.25) is 4.79 Å². The summed E-state index contributed by atoms with van der Waals surface area (Å²) in [5, 5.41) is 0. The van der Waals surface area contributed by atoms with Crippen molar-refractivity contribution in [3.8, 4) is 23.0 Å². The number of carbonyl (C=O) groups excluding carboxylic acids is 1. The lowest BCUT2D eigenvalue weighted by molar-refractivity contribution is -0.0477. The molecular weight excluding hydrogens is 370 g/mol. The van der Waals surface area contributed by atoms with E-state index >= 15 is 0 Å². The van der Waals surface area contributed by atoms with E-state index in [1.165, 1.54) is 0 Å². The second-order valence-electron chi connectivity index (χ2n) is 7.84. The Morgan fingerprint density at radius 3 is 2.48 bits per heavy atom. The van der Waals surface area contributed by atoms with Crippen LogP contribution in [-0.4, -0.2) is 49.3 Å². The molecule has 6 heteroatoms. The van der Waals surface area contributed by atoms with Crippen molar-refractivity contribution in [3.63, 3.8) is 0 Å². The van der Waals surface area contributed by atoms with Crippen molar-refractivity contribution in [1.82, 2.24) is 4.90 Å². The molecule has 29 heavy (non-hydrogen) atoms. The molecule has 0 N–H and O–H groups in total. The van der Waals surface area contributed by atoms with Crippen LogP contribution in [-0.2, 0) is 0 Å². The van der Waals surface area contributed by atoms with E-state index in [4.69, 9.17) is 18.9 Å². The molecule has 0 bridgehead atoms. The highest BCUT2D eigenvalue weighted by atomic mass is 16.6. The minimum absolute atomic E-state index is 0.00799. The fourth-order valence-corrected chi connectivity index (χ4v) is 3.82. The van der Waals surface area contributed by atoms with Crippen LogP contribution in [0.5, 0.6) is 23.0 Å². The number of hydrogen-bond donors (Lipinski definition) is 0. The Labute approximate surface area is 171 Å². The van der Waals surface area contributed by atoms with Crippen LogP contribution in [0.2, 0.25) is 0 Å². The van der Waals surface area contributed by atoms with Gasteiger partial charge in [0.2, 0.25) is 0 Å². The molecule has 1 spiro atoms. The number of nitrogens with zero attached hydrogens (tertiary/aromatic N) is 1. The van der Waals surface area contributed by atoms with Crippen molar-refractivity contribution in [2.24, 2.45) is 0 Å². The monoisotopic (exact) mass is 397 g/mol. The van der Waals surface area contributed by atoms with Crippen LogP contribution >= 0.6 is 0 Å². The predicted molar refractivity (Wildman–Crippen MR) is 109 cm³/mol. The fraction of sp³-hybridized carbons (Fsp3) is 0.435. The maximum Gasteiger partial charge on any atom is 0.253 e. The van der Waals surface area contributed by atoms with Crippen molar-refractivity contribution in [3.05, 3.63) is 48.0 Å². The van der Waals surface area contributed by atoms with Gasteiger partial charge in [-0.1, -0.05) is 12.1 Å². The highest BCUT2D eigenvalue weighted by molar-refractivity contribution is 5.95. The lowest BCUT2D eigenvalue weighted by Gasteiger charge is -2.44. The molecule has 2 aliphatic rings. The van der Waals surface area contributed by atoms with E-state index in [9.17, 15) is 4.79 Å². The van der Waals surface area contributed by atoms with Crippen molar-refractivity contribution < 1.29 is 23.7 Å². The maximum absolute atomic E-state index is 13.0. The molecule has 6 nitrogen and oxygen atoms in total. The predicted octanol–water partition coefficient (Wildman–Crippen LogP) is 3.93. The summed E-state index contributed by atoms with van der Waals surface area (Å²) in [7, 11) is 1.58. The van der Waals surface area contributed by atoms with Crippen LogP contribution in [0.1, 0.15) is 37.0 Å². The molecule has 1 fully saturated rings. The van der Waals surface area contributed by atoms with Crippen LogP contribution in [0.15, 0.2) is 42.5 Å². The maximum atomic E-state index is 13.0. The van der Waals surface area contributed by atoms with Gasteiger partial charge in [-0.05, 0) is 44.2 Å². The summed E-state index contributed by atoms with van der Waals surface area (Å²) in [6, 6.07) is 13.1. The smallest absolute Gasteiger partial charge is 0.253 e. The Bertz CT molecular complexity index is 887. The largest absolute Gasteiger partial charge is 0.493 e. The summed E-state index contributed by atoms with van der Waals surface area (Å²) >= 11 is 0. The number of benzene rings is 2. The van der Waals surface area contributed by atoms with Gasteiger partial charge in [0.25, 0.3) is 5.91 Å². The molecule has 0 aromatic heterocycles. The van der Waals surface area contributed by atoms with Gasteiger partial charge >= 0.3 is 0 Å². The Morgan fingerprint density at radius 2 is 1.79 bits per heavy atom. The molecular formula is C23H27NO5. The number of fused-ring (bicyclic) bond motifs is 1. The topological polar surface area (TPSA) is 57.2 Å². The average molecular weight is 397 g/mol. The number of rotatable bonds is 4. The number of hydrogen-bond acceptors (Lipinski definition) is 5. The fourth-order valence-electron chi connectivity index (χ4n) is 3.82. The van der Waals surface area contributed by atoms with Crippen LogP contribution < -0.4 is 18.9 Å². The molecule has 0 aliphatic carbocycles. The van der Waals surface area contributed by atoms with Gasteiger partial charge in [0.05, 0.1) is 13.2 Å². The molecule has 1 amide bonds. The number of ether oxygens (including phenoxy) is 4. The van der Waals surface area contributed by atoms with E-state index in [0.29, 0.717) is 36.8 Å². The van der Waals surface area contributed by atoms with E-state index in [2.05, 4.69) is 0 Å². The summed E-state index contributed by atoms with van der Waals surface area (Å²) in [5.74, 6) is 2.77. The normalized spacial score (nSPS) is 17.3. The molecule has 2 heterocycles. The van der Waals surface area contributed by atoms with E-state index in [0.717, 1.165) is 24.3 Å². The van der Waals surface area contributed by atoms with Gasteiger partial charge in [-0.15, -0.1) is 0 Å². The van der Waals surface area contributed by atoms with E-state index in [-0.39, 0.29) is 17.6 Å². The highest BCUT2D eigenvalue weighted by Crippen LogP contribution is 2.39. The minimum atomic E-state index is -0.363. The standard InChI is InChI=1S/C23H27NO5/c1-16(2)28-19-9-8-17(14-21(19)26-3)22(25)24-12-10-23(11-13-24)15-27-18-6-4-5-7-20(18)29-23/h4-9,14,16H,10-13,15H2,1-3H3. The van der Waals surface area contributed by atoms with Gasteiger partial charge in [0.15, 0.2) is 23.0 Å². The molecule has 2 aromatic carbocycles. The van der Waals surface area contributed by atoms with E-state index in [1.807, 2.05) is 43.0 Å². The van der Waals surface area contributed by atoms with Crippen LogP contribution in [0.4, 0.5) is 0 Å². The summed E-state index contributed by atoms with van der Waals surface area (Å²) in [5.41, 5.74) is 0.234. The third-order valence-corrected chi connectivity index (χ3v) is 5.40. The quantitative estimate of drug-likeness (QED) is 0.782. The number of piperidine rings is 1.